The van der Waals surface area contributed by atoms with Crippen molar-refractivity contribution in [2.24, 2.45) is 0 Å². The molecule has 8 nitrogen and oxygen atoms in total. The van der Waals surface area contributed by atoms with Crippen LogP contribution in [0.25, 0.3) is 0 Å². The van der Waals surface area contributed by atoms with Crippen LogP contribution in [0.2, 0.25) is 0 Å². The number of hydrogen-bond donors (Lipinski definition) is 0. The molecule has 0 radical (unpaired) electrons. The van der Waals surface area contributed by atoms with Gasteiger partial charge in [-0.1, -0.05) is 0 Å². The lowest BCUT2D eigenvalue weighted by atomic mass is 9.83. The minimum absolute atomic E-state index is 0.378. The minimum Gasteiger partial charge on any atom is -0.487 e. The third kappa shape index (κ3) is 5.88. The highest BCUT2D eigenvalue weighted by molar-refractivity contribution is 7.88. The van der Waals surface area contributed by atoms with Gasteiger partial charge in [-0.05, 0) is 36.6 Å². The Morgan fingerprint density at radius 3 is 2.38 bits per heavy atom. The number of aryl methyl sites for hydroxylation is 1. The number of piperazine rings is 1. The van der Waals surface area contributed by atoms with Crippen LogP contribution in [0.1, 0.15) is 31.2 Å². The Balaban J connectivity index is 1.30. The van der Waals surface area contributed by atoms with Crippen LogP contribution in [0, 0.1) is 0 Å². The molecule has 0 atom stereocenters. The van der Waals surface area contributed by atoms with E-state index in [1.165, 1.54) is 15.5 Å². The van der Waals surface area contributed by atoms with Gasteiger partial charge in [-0.25, -0.2) is 13.2 Å². The van der Waals surface area contributed by atoms with E-state index in [1.54, 1.807) is 0 Å². The molecule has 3 aliphatic rings. The molecule has 0 bridgehead atoms. The van der Waals surface area contributed by atoms with Crippen molar-refractivity contribution in [3.05, 3.63) is 23.8 Å². The molecule has 3 heterocycles. The fraction of sp³-hybridized carbons (Fsp3) is 0.682. The summed E-state index contributed by atoms with van der Waals surface area (Å²) in [7, 11) is -3.17. The van der Waals surface area contributed by atoms with E-state index in [1.807, 2.05) is 12.1 Å². The quantitative estimate of drug-likeness (QED) is 0.626. The molecular formula is C22H30F3N3O5S. The van der Waals surface area contributed by atoms with Crippen LogP contribution in [0.15, 0.2) is 18.2 Å². The average molecular weight is 506 g/mol. The van der Waals surface area contributed by atoms with Crippen molar-refractivity contribution in [3.63, 3.8) is 0 Å². The summed E-state index contributed by atoms with van der Waals surface area (Å²) in [6, 6.07) is 6.04. The second-order valence-corrected chi connectivity index (χ2v) is 11.2. The summed E-state index contributed by atoms with van der Waals surface area (Å²) in [6.45, 7) is 2.28. The van der Waals surface area contributed by atoms with Gasteiger partial charge < -0.3 is 19.3 Å². The molecule has 0 aliphatic carbocycles. The maximum Gasteiger partial charge on any atom is 0.409 e. The Labute approximate surface area is 197 Å². The van der Waals surface area contributed by atoms with Gasteiger partial charge in [0.05, 0.1) is 12.7 Å². The van der Waals surface area contributed by atoms with Crippen LogP contribution in [0.3, 0.4) is 0 Å². The van der Waals surface area contributed by atoms with E-state index < -0.39 is 40.9 Å². The van der Waals surface area contributed by atoms with Crippen molar-refractivity contribution in [2.75, 3.05) is 57.0 Å². The number of ether oxygens (including phenoxy) is 2. The largest absolute Gasteiger partial charge is 0.487 e. The fourth-order valence-electron chi connectivity index (χ4n) is 4.78. The second-order valence-electron chi connectivity index (χ2n) is 9.19. The SMILES string of the molecule is CS(=O)(=O)N1CCN(c2ccc3c(c2)CCC2(CCN(C(=O)OCCC(F)(F)F)CC2)O3)CC1. The van der Waals surface area contributed by atoms with E-state index >= 15 is 0 Å². The molecule has 190 valence electrons. The first-order chi connectivity index (χ1) is 15.9. The zero-order valence-electron chi connectivity index (χ0n) is 19.1. The number of fused-ring (bicyclic) bond motifs is 1. The van der Waals surface area contributed by atoms with E-state index in [0.717, 1.165) is 29.8 Å². The Morgan fingerprint density at radius 2 is 1.76 bits per heavy atom. The molecule has 0 N–H and O–H groups in total. The standard InChI is InChI=1S/C22H30F3N3O5S/c1-34(30,31)28-13-11-26(12-14-28)18-2-3-19-17(16-18)4-5-21(33-19)6-9-27(10-7-21)20(29)32-15-8-22(23,24)25/h2-3,16H,4-15H2,1H3. The normalized spacial score (nSPS) is 21.2. The van der Waals surface area contributed by atoms with Crippen LogP contribution < -0.4 is 9.64 Å². The molecule has 0 saturated carbocycles. The van der Waals surface area contributed by atoms with Crippen molar-refractivity contribution in [3.8, 4) is 5.75 Å². The molecule has 0 aromatic heterocycles. The summed E-state index contributed by atoms with van der Waals surface area (Å²) in [5, 5.41) is 0. The van der Waals surface area contributed by atoms with Crippen molar-refractivity contribution >= 4 is 21.8 Å². The van der Waals surface area contributed by atoms with Crippen molar-refractivity contribution in [1.29, 1.82) is 0 Å². The first-order valence-corrected chi connectivity index (χ1v) is 13.3. The number of halogens is 3. The van der Waals surface area contributed by atoms with Crippen molar-refractivity contribution < 1.29 is 35.9 Å². The van der Waals surface area contributed by atoms with E-state index in [-0.39, 0.29) is 0 Å². The molecule has 2 saturated heterocycles. The fourth-order valence-corrected chi connectivity index (χ4v) is 5.60. The van der Waals surface area contributed by atoms with E-state index in [2.05, 4.69) is 11.0 Å². The Hall–Kier alpha value is -2.21. The van der Waals surface area contributed by atoms with Crippen LogP contribution in [-0.2, 0) is 21.2 Å². The number of anilines is 1. The molecule has 1 amide bonds. The number of amides is 1. The highest BCUT2D eigenvalue weighted by atomic mass is 32.2. The highest BCUT2D eigenvalue weighted by Crippen LogP contribution is 2.41. The topological polar surface area (TPSA) is 79.4 Å². The predicted octanol–water partition coefficient (Wildman–Crippen LogP) is 3.02. The van der Waals surface area contributed by atoms with Gasteiger partial charge in [0.2, 0.25) is 10.0 Å². The summed E-state index contributed by atoms with van der Waals surface area (Å²) >= 11 is 0. The minimum atomic E-state index is -4.35. The molecule has 1 spiro atoms. The summed E-state index contributed by atoms with van der Waals surface area (Å²) < 4.78 is 72.9. The zero-order valence-corrected chi connectivity index (χ0v) is 20.0. The van der Waals surface area contributed by atoms with Crippen LogP contribution in [0.4, 0.5) is 23.7 Å². The van der Waals surface area contributed by atoms with Crippen LogP contribution >= 0.6 is 0 Å². The Morgan fingerprint density at radius 1 is 1.09 bits per heavy atom. The van der Waals surface area contributed by atoms with E-state index in [9.17, 15) is 26.4 Å². The lowest BCUT2D eigenvalue weighted by molar-refractivity contribution is -0.141. The predicted molar refractivity (Wildman–Crippen MR) is 120 cm³/mol. The molecule has 1 aromatic carbocycles. The summed E-state index contributed by atoms with van der Waals surface area (Å²) in [5.74, 6) is 0.811. The van der Waals surface area contributed by atoms with Gasteiger partial charge in [0, 0.05) is 57.8 Å². The first-order valence-electron chi connectivity index (χ1n) is 11.4. The van der Waals surface area contributed by atoms with Crippen LogP contribution in [-0.4, -0.2) is 87.6 Å². The van der Waals surface area contributed by atoms with Gasteiger partial charge >= 0.3 is 12.3 Å². The van der Waals surface area contributed by atoms with E-state index in [4.69, 9.17) is 9.47 Å². The number of alkyl halides is 3. The lowest BCUT2D eigenvalue weighted by Crippen LogP contribution is -2.51. The average Bonchev–Trinajstić information content (AvgIpc) is 2.78. The van der Waals surface area contributed by atoms with Gasteiger partial charge in [0.15, 0.2) is 0 Å². The molecule has 34 heavy (non-hydrogen) atoms. The molecule has 2 fully saturated rings. The second kappa shape index (κ2) is 9.44. The number of likely N-dealkylation sites (tertiary alicyclic amines) is 1. The maximum absolute atomic E-state index is 12.2. The van der Waals surface area contributed by atoms with Gasteiger partial charge in [-0.2, -0.15) is 17.5 Å². The van der Waals surface area contributed by atoms with Crippen molar-refractivity contribution in [2.45, 2.75) is 43.9 Å². The lowest BCUT2D eigenvalue weighted by Gasteiger charge is -2.44. The third-order valence-corrected chi connectivity index (χ3v) is 8.14. The molecule has 3 aliphatic heterocycles. The van der Waals surface area contributed by atoms with Gasteiger partial charge in [0.25, 0.3) is 0 Å². The number of carbonyl (C=O) groups is 1. The Kier molecular flexibility index (Phi) is 6.92. The molecule has 1 aromatic rings. The number of rotatable bonds is 4. The maximum atomic E-state index is 12.2. The van der Waals surface area contributed by atoms with Crippen LogP contribution in [0.5, 0.6) is 5.75 Å². The monoisotopic (exact) mass is 505 g/mol. The molecule has 12 heteroatoms. The van der Waals surface area contributed by atoms with Crippen molar-refractivity contribution in [1.82, 2.24) is 9.21 Å². The first kappa shape index (κ1) is 24.9. The number of benzene rings is 1. The zero-order chi connectivity index (χ0) is 24.6. The molecule has 4 rings (SSSR count). The summed E-state index contributed by atoms with van der Waals surface area (Å²) in [5.41, 5.74) is 1.75. The van der Waals surface area contributed by atoms with Gasteiger partial charge in [-0.3, -0.25) is 0 Å². The Bertz CT molecular complexity index is 1000. The number of carbonyl (C=O) groups excluding carboxylic acids is 1. The highest BCUT2D eigenvalue weighted by Gasteiger charge is 2.41. The van der Waals surface area contributed by atoms with Gasteiger partial charge in [0.1, 0.15) is 18.0 Å². The number of hydrogen-bond acceptors (Lipinski definition) is 6. The molecular weight excluding hydrogens is 475 g/mol. The van der Waals surface area contributed by atoms with E-state index in [0.29, 0.717) is 52.1 Å². The number of piperidine rings is 1. The van der Waals surface area contributed by atoms with Gasteiger partial charge in [-0.15, -0.1) is 0 Å². The smallest absolute Gasteiger partial charge is 0.409 e. The summed E-state index contributed by atoms with van der Waals surface area (Å²) in [6.07, 6.45) is -2.17. The molecule has 0 unspecified atom stereocenters. The number of nitrogens with zero attached hydrogens (tertiary/aromatic N) is 3. The summed E-state index contributed by atoms with van der Waals surface area (Å²) in [4.78, 5) is 15.7. The number of sulfonamides is 1. The third-order valence-electron chi connectivity index (χ3n) is 6.84.